The number of carbonyl (C=O) groups excluding carboxylic acids is 3. The van der Waals surface area contributed by atoms with E-state index in [1.807, 2.05) is 11.9 Å². The SMILES string of the molecule is CO[C@H]1/C=C/CCO[C@@]2(C)Oc3c(C)c(O)c4c(O)c(c(/C=N/N5CC[N+](C)(CC#C[Si](C)(C)C)CC5)c(O)c4c3C2=O)NC(=O)/C(C)=C\C=C\[C@H](C)[C@H](O)[C@@H](C)[C@@H](O)[C@@H](C)[C@H](OC(C)=O)[C@@H]1C. The van der Waals surface area contributed by atoms with Gasteiger partial charge in [0.05, 0.1) is 86.6 Å². The number of quaternary nitrogens is 1. The van der Waals surface area contributed by atoms with Gasteiger partial charge in [0.1, 0.15) is 38.0 Å². The first-order valence-corrected chi connectivity index (χ1v) is 26.9. The van der Waals surface area contributed by atoms with E-state index in [4.69, 9.17) is 24.0 Å². The van der Waals surface area contributed by atoms with E-state index in [0.29, 0.717) is 19.6 Å². The van der Waals surface area contributed by atoms with Gasteiger partial charge in [-0.3, -0.25) is 19.4 Å². The Balaban J connectivity index is 1.61. The number of aliphatic hydroxyl groups is 2. The number of hydrogen-bond acceptors (Lipinski definition) is 14. The number of aromatic hydroxyl groups is 3. The van der Waals surface area contributed by atoms with E-state index in [1.54, 1.807) is 45.1 Å². The maximum absolute atomic E-state index is 14.5. The number of nitrogens with one attached hydrogen (secondary N) is 1. The highest BCUT2D eigenvalue weighted by Gasteiger charge is 2.49. The monoisotopic (exact) mass is 961 g/mol. The Labute approximate surface area is 401 Å². The molecule has 68 heavy (non-hydrogen) atoms. The summed E-state index contributed by atoms with van der Waals surface area (Å²) in [5, 5.41) is 67.9. The fourth-order valence-corrected chi connectivity index (χ4v) is 9.65. The number of fused-ring (bicyclic) bond motifs is 16. The van der Waals surface area contributed by atoms with Crippen molar-refractivity contribution >= 4 is 48.4 Å². The summed E-state index contributed by atoms with van der Waals surface area (Å²) in [6, 6.07) is 0. The number of amides is 1. The zero-order valence-electron chi connectivity index (χ0n) is 42.0. The lowest BCUT2D eigenvalue weighted by atomic mass is 9.78. The molecule has 1 fully saturated rings. The summed E-state index contributed by atoms with van der Waals surface area (Å²) in [6.45, 7) is 22.7. The highest BCUT2D eigenvalue weighted by Crippen LogP contribution is 2.55. The van der Waals surface area contributed by atoms with Crippen molar-refractivity contribution in [3.8, 4) is 34.5 Å². The zero-order valence-corrected chi connectivity index (χ0v) is 43.0. The van der Waals surface area contributed by atoms with Crippen LogP contribution in [0.3, 0.4) is 0 Å². The third-order valence-electron chi connectivity index (χ3n) is 13.5. The predicted octanol–water partition coefficient (Wildman–Crippen LogP) is 6.16. The van der Waals surface area contributed by atoms with E-state index in [0.717, 1.165) is 17.6 Å². The Kier molecular flexibility index (Phi) is 17.1. The van der Waals surface area contributed by atoms with E-state index in [1.165, 1.54) is 47.1 Å². The minimum atomic E-state index is -1.91. The predicted molar refractivity (Wildman–Crippen MR) is 264 cm³/mol. The molecule has 0 radical (unpaired) electrons. The van der Waals surface area contributed by atoms with Crippen LogP contribution in [0.2, 0.25) is 19.6 Å². The van der Waals surface area contributed by atoms with Crippen molar-refractivity contribution in [3.05, 3.63) is 52.6 Å². The Bertz CT molecular complexity index is 2420. The normalized spacial score (nSPS) is 30.4. The number of carbonyl (C=O) groups is 3. The number of hydrazone groups is 1. The van der Waals surface area contributed by atoms with Crippen molar-refractivity contribution in [3.63, 3.8) is 0 Å². The lowest BCUT2D eigenvalue weighted by Gasteiger charge is -2.39. The van der Waals surface area contributed by atoms with Gasteiger partial charge in [-0.15, -0.1) is 5.54 Å². The molecule has 0 saturated carbocycles. The van der Waals surface area contributed by atoms with Gasteiger partial charge >= 0.3 is 5.97 Å². The van der Waals surface area contributed by atoms with Crippen molar-refractivity contribution in [1.29, 1.82) is 0 Å². The topological polar surface area (TPSA) is 217 Å². The van der Waals surface area contributed by atoms with E-state index in [-0.39, 0.29) is 57.5 Å². The molecular weight excluding hydrogens is 889 g/mol. The number of ether oxygens (including phenoxy) is 4. The summed E-state index contributed by atoms with van der Waals surface area (Å²) >= 11 is 0. The Hall–Kier alpha value is -5.22. The van der Waals surface area contributed by atoms with Crippen molar-refractivity contribution in [2.75, 3.05) is 58.8 Å². The highest BCUT2D eigenvalue weighted by atomic mass is 28.3. The minimum Gasteiger partial charge on any atom is -0.507 e. The van der Waals surface area contributed by atoms with Crippen molar-refractivity contribution in [2.24, 2.45) is 28.8 Å². The second-order valence-corrected chi connectivity index (χ2v) is 25.0. The number of nitrogens with zero attached hydrogens (tertiary/aromatic N) is 3. The Morgan fingerprint density at radius 1 is 1.00 bits per heavy atom. The maximum Gasteiger partial charge on any atom is 0.302 e. The zero-order chi connectivity index (χ0) is 50.6. The fraction of sp³-hybridized carbons (Fsp3) is 0.569. The van der Waals surface area contributed by atoms with Crippen LogP contribution < -0.4 is 10.1 Å². The van der Waals surface area contributed by atoms with Gasteiger partial charge in [0.15, 0.2) is 5.75 Å². The number of likely N-dealkylation sites (N-methyl/N-ethyl adjacent to an activating group) is 1. The van der Waals surface area contributed by atoms with Gasteiger partial charge in [0.2, 0.25) is 5.78 Å². The van der Waals surface area contributed by atoms with E-state index in [9.17, 15) is 39.9 Å². The first-order valence-electron chi connectivity index (χ1n) is 23.4. The molecule has 9 atom stereocenters. The van der Waals surface area contributed by atoms with Crippen molar-refractivity contribution in [1.82, 2.24) is 5.01 Å². The summed E-state index contributed by atoms with van der Waals surface area (Å²) in [5.74, 6) is -4.39. The van der Waals surface area contributed by atoms with Crippen LogP contribution in [-0.4, -0.2) is 151 Å². The van der Waals surface area contributed by atoms with Crippen LogP contribution in [-0.2, 0) is 23.8 Å². The molecule has 1 saturated heterocycles. The lowest BCUT2D eigenvalue weighted by Crippen LogP contribution is -2.56. The number of anilines is 1. The number of aliphatic hydroxyl groups excluding tert-OH is 2. The molecule has 2 aromatic carbocycles. The van der Waals surface area contributed by atoms with Crippen LogP contribution in [0.5, 0.6) is 23.0 Å². The number of hydrogen-bond donors (Lipinski definition) is 6. The highest BCUT2D eigenvalue weighted by molar-refractivity contribution is 6.83. The summed E-state index contributed by atoms with van der Waals surface area (Å²) in [7, 11) is 2.13. The smallest absolute Gasteiger partial charge is 0.302 e. The van der Waals surface area contributed by atoms with Crippen LogP contribution in [0.1, 0.15) is 76.4 Å². The third-order valence-corrected chi connectivity index (χ3v) is 14.5. The number of esters is 1. The molecule has 17 heteroatoms. The first kappa shape index (κ1) is 53.7. The number of phenolic OH excluding ortho intramolecular Hbond substituents is 3. The Morgan fingerprint density at radius 3 is 2.28 bits per heavy atom. The summed E-state index contributed by atoms with van der Waals surface area (Å²) < 4.78 is 24.6. The Morgan fingerprint density at radius 2 is 1.66 bits per heavy atom. The fourth-order valence-electron chi connectivity index (χ4n) is 9.04. The molecule has 372 valence electrons. The molecule has 2 aromatic rings. The second kappa shape index (κ2) is 21.6. The first-order chi connectivity index (χ1) is 31.8. The lowest BCUT2D eigenvalue weighted by molar-refractivity contribution is -0.906. The molecule has 16 nitrogen and oxygen atoms in total. The van der Waals surface area contributed by atoms with Crippen LogP contribution >= 0.6 is 0 Å². The number of ketones is 1. The van der Waals surface area contributed by atoms with E-state index >= 15 is 0 Å². The van der Waals surface area contributed by atoms with Crippen LogP contribution in [0.15, 0.2) is 41.1 Å². The largest absolute Gasteiger partial charge is 0.507 e. The molecule has 0 unspecified atom stereocenters. The summed E-state index contributed by atoms with van der Waals surface area (Å²) in [4.78, 5) is 40.8. The average molecular weight is 962 g/mol. The van der Waals surface area contributed by atoms with Gasteiger partial charge in [-0.1, -0.05) is 83.6 Å². The van der Waals surface area contributed by atoms with Gasteiger partial charge < -0.3 is 54.3 Å². The molecule has 5 bridgehead atoms. The third kappa shape index (κ3) is 11.8. The summed E-state index contributed by atoms with van der Waals surface area (Å²) in [6.07, 6.45) is 6.41. The van der Waals surface area contributed by atoms with Crippen LogP contribution in [0, 0.1) is 42.1 Å². The van der Waals surface area contributed by atoms with Crippen molar-refractivity contribution in [2.45, 2.75) is 112 Å². The number of phenols is 3. The molecule has 1 amide bonds. The maximum atomic E-state index is 14.5. The number of Topliss-reactive ketones (excluding diaryl/α,β-unsaturated/α-hetero) is 1. The molecule has 0 aliphatic carbocycles. The van der Waals surface area contributed by atoms with Crippen LogP contribution in [0.25, 0.3) is 10.8 Å². The molecule has 6 N–H and O–H groups in total. The number of rotatable bonds is 5. The van der Waals surface area contributed by atoms with Gasteiger partial charge in [0.25, 0.3) is 11.7 Å². The molecule has 0 spiro atoms. The number of allylic oxidation sites excluding steroid dienone is 2. The number of benzene rings is 2. The molecule has 6 rings (SSSR count). The van der Waals surface area contributed by atoms with Crippen molar-refractivity contribution < 1.29 is 63.3 Å². The molecule has 4 aliphatic heterocycles. The standard InChI is InChI=1S/C51H72N4O12Si/c1-29-18-16-19-30(2)50(63)53-41-36(28-52-54-21-24-55(9,25-22-54)23-17-27-68(11,12)13)45(60)38-39(46(41)61)44(59)34(6)48-40(38)49(62)51(8,67-48)65-26-15-14-20-37(64-10)31(3)47(66-35(7)56)33(5)43(58)32(4)42(29)57/h14,16,18-20,28-29,31-33,37,42-43,47,57-58H,15,21-26H2,1-13H3,(H3-,52,53,59,60,61,62,63)/p+1/b18-16+,20-14+,30-19-/t29-,31+,32+,33+,37-,42-,43+,47+,51-/m0/s1. The van der Waals surface area contributed by atoms with E-state index in [2.05, 4.69) is 43.5 Å². The van der Waals surface area contributed by atoms with Crippen LogP contribution in [0.4, 0.5) is 5.69 Å². The second-order valence-electron chi connectivity index (χ2n) is 20.2. The summed E-state index contributed by atoms with van der Waals surface area (Å²) in [5.41, 5.74) is 3.19. The molecular formula is C51H73N4O12Si+. The molecule has 0 aromatic heterocycles. The van der Waals surface area contributed by atoms with Gasteiger partial charge in [0, 0.05) is 61.2 Å². The minimum absolute atomic E-state index is 0.0261. The molecule has 4 heterocycles. The molecule has 4 aliphatic rings. The number of piperazine rings is 1. The van der Waals surface area contributed by atoms with Gasteiger partial charge in [-0.05, 0) is 20.3 Å². The average Bonchev–Trinajstić information content (AvgIpc) is 3.54. The number of methoxy groups -OCH3 is 1. The van der Waals surface area contributed by atoms with Gasteiger partial charge in [-0.2, -0.15) is 5.10 Å². The quantitative estimate of drug-likeness (QED) is 0.0290. The van der Waals surface area contributed by atoms with E-state index < -0.39 is 96.9 Å². The van der Waals surface area contributed by atoms with Gasteiger partial charge in [-0.25, -0.2) is 0 Å².